The Morgan fingerprint density at radius 2 is 1.83 bits per heavy atom. The van der Waals surface area contributed by atoms with Crippen LogP contribution in [0.2, 0.25) is 0 Å². The van der Waals surface area contributed by atoms with Crippen molar-refractivity contribution in [1.82, 2.24) is 0 Å². The maximum Gasteiger partial charge on any atom is 0.0349 e. The Hall–Kier alpha value is -1.24. The summed E-state index contributed by atoms with van der Waals surface area (Å²) in [7, 11) is 0. The number of rotatable bonds is 2. The molecule has 0 spiro atoms. The Kier molecular flexibility index (Phi) is 2.92. The van der Waals surface area contributed by atoms with E-state index in [2.05, 4.69) is 19.9 Å². The predicted molar refractivity (Wildman–Crippen MR) is 53.4 cm³/mol. The van der Waals surface area contributed by atoms with Gasteiger partial charge in [-0.15, -0.1) is 0 Å². The number of nitrogens with two attached hydrogens (primary N) is 1. The zero-order valence-corrected chi connectivity index (χ0v) is 7.62. The molecule has 1 aromatic carbocycles. The van der Waals surface area contributed by atoms with Gasteiger partial charge in [-0.2, -0.15) is 0 Å². The van der Waals surface area contributed by atoms with Crippen LogP contribution in [0.1, 0.15) is 19.4 Å². The van der Waals surface area contributed by atoms with Crippen LogP contribution in [0, 0.1) is 5.92 Å². The van der Waals surface area contributed by atoms with Crippen molar-refractivity contribution in [3.63, 3.8) is 0 Å². The van der Waals surface area contributed by atoms with Crippen molar-refractivity contribution >= 4 is 5.70 Å². The summed E-state index contributed by atoms with van der Waals surface area (Å²) in [5.74, 6) is 0.505. The van der Waals surface area contributed by atoms with Gasteiger partial charge in [-0.25, -0.2) is 0 Å². The molecule has 0 fully saturated rings. The van der Waals surface area contributed by atoms with E-state index < -0.39 is 0 Å². The van der Waals surface area contributed by atoms with Gasteiger partial charge in [-0.1, -0.05) is 50.3 Å². The molecule has 0 amide bonds. The van der Waals surface area contributed by atoms with E-state index in [1.165, 1.54) is 0 Å². The molecule has 0 saturated carbocycles. The number of hydrogen-bond acceptors (Lipinski definition) is 1. The molecule has 0 aliphatic rings. The van der Waals surface area contributed by atoms with E-state index >= 15 is 0 Å². The van der Waals surface area contributed by atoms with E-state index in [-0.39, 0.29) is 0 Å². The quantitative estimate of drug-likeness (QED) is 0.709. The average molecular weight is 161 g/mol. The Balaban J connectivity index is 2.85. The molecule has 0 radical (unpaired) electrons. The summed E-state index contributed by atoms with van der Waals surface area (Å²) in [5.41, 5.74) is 7.83. The predicted octanol–water partition coefficient (Wildman–Crippen LogP) is 2.64. The smallest absolute Gasteiger partial charge is 0.0349 e. The van der Waals surface area contributed by atoms with E-state index in [0.29, 0.717) is 5.92 Å². The fourth-order valence-electron chi connectivity index (χ4n) is 1.09. The molecule has 1 nitrogen and oxygen atoms in total. The van der Waals surface area contributed by atoms with Crippen molar-refractivity contribution in [3.8, 4) is 0 Å². The summed E-state index contributed by atoms with van der Waals surface area (Å²) in [6.45, 7) is 4.24. The first kappa shape index (κ1) is 8.85. The largest absolute Gasteiger partial charge is 0.398 e. The van der Waals surface area contributed by atoms with Crippen molar-refractivity contribution < 1.29 is 0 Å². The van der Waals surface area contributed by atoms with Gasteiger partial charge in [0.1, 0.15) is 0 Å². The first-order valence-electron chi connectivity index (χ1n) is 4.23. The molecule has 0 saturated heterocycles. The van der Waals surface area contributed by atoms with Crippen LogP contribution in [0.5, 0.6) is 0 Å². The van der Waals surface area contributed by atoms with E-state index in [1.807, 2.05) is 30.3 Å². The van der Waals surface area contributed by atoms with Gasteiger partial charge < -0.3 is 5.73 Å². The molecular formula is C11H15N. The van der Waals surface area contributed by atoms with Crippen molar-refractivity contribution in [1.29, 1.82) is 0 Å². The first-order valence-corrected chi connectivity index (χ1v) is 4.23. The Bertz CT molecular complexity index is 260. The summed E-state index contributed by atoms with van der Waals surface area (Å²) in [6, 6.07) is 10.0. The fraction of sp³-hybridized carbons (Fsp3) is 0.273. The molecular weight excluding hydrogens is 146 g/mol. The molecule has 1 heteroatoms. The van der Waals surface area contributed by atoms with Gasteiger partial charge in [0.05, 0.1) is 0 Å². The maximum atomic E-state index is 5.86. The lowest BCUT2D eigenvalue weighted by Gasteiger charge is -2.02. The second-order valence-corrected chi connectivity index (χ2v) is 3.23. The molecule has 2 N–H and O–H groups in total. The molecule has 0 atom stereocenters. The highest BCUT2D eigenvalue weighted by molar-refractivity contribution is 5.62. The molecule has 0 unspecified atom stereocenters. The summed E-state index contributed by atoms with van der Waals surface area (Å²) in [5, 5.41) is 0. The van der Waals surface area contributed by atoms with Crippen LogP contribution in [-0.2, 0) is 0 Å². The average Bonchev–Trinajstić information content (AvgIpc) is 2.05. The normalized spacial score (nSPS) is 12.1. The number of allylic oxidation sites excluding steroid dienone is 1. The topological polar surface area (TPSA) is 26.0 Å². The van der Waals surface area contributed by atoms with Crippen LogP contribution >= 0.6 is 0 Å². The molecule has 64 valence electrons. The fourth-order valence-corrected chi connectivity index (χ4v) is 1.09. The minimum atomic E-state index is 0.505. The van der Waals surface area contributed by atoms with Crippen LogP contribution in [0.15, 0.2) is 36.4 Å². The lowest BCUT2D eigenvalue weighted by atomic mass is 10.1. The first-order chi connectivity index (χ1) is 5.70. The molecule has 0 aliphatic heterocycles. The van der Waals surface area contributed by atoms with E-state index in [0.717, 1.165) is 11.3 Å². The van der Waals surface area contributed by atoms with Gasteiger partial charge in [-0.3, -0.25) is 0 Å². The summed E-state index contributed by atoms with van der Waals surface area (Å²) in [6.07, 6.45) is 2.06. The zero-order chi connectivity index (χ0) is 8.97. The van der Waals surface area contributed by atoms with Gasteiger partial charge in [0.15, 0.2) is 0 Å². The molecule has 12 heavy (non-hydrogen) atoms. The summed E-state index contributed by atoms with van der Waals surface area (Å²) >= 11 is 0. The lowest BCUT2D eigenvalue weighted by molar-refractivity contribution is 0.832. The summed E-state index contributed by atoms with van der Waals surface area (Å²) < 4.78 is 0. The van der Waals surface area contributed by atoms with E-state index in [4.69, 9.17) is 5.73 Å². The highest BCUT2D eigenvalue weighted by atomic mass is 14.6. The van der Waals surface area contributed by atoms with Crippen LogP contribution in [0.25, 0.3) is 5.70 Å². The summed E-state index contributed by atoms with van der Waals surface area (Å²) in [4.78, 5) is 0. The molecule has 0 heterocycles. The lowest BCUT2D eigenvalue weighted by Crippen LogP contribution is -1.97. The minimum absolute atomic E-state index is 0.505. The van der Waals surface area contributed by atoms with Gasteiger partial charge in [0, 0.05) is 5.70 Å². The standard InChI is InChI=1S/C11H15N/c1-9(2)8-11(12)10-6-4-3-5-7-10/h3-9H,12H2,1-2H3/b11-8-. The highest BCUT2D eigenvalue weighted by Crippen LogP contribution is 2.10. The van der Waals surface area contributed by atoms with Crippen molar-refractivity contribution in [3.05, 3.63) is 42.0 Å². The highest BCUT2D eigenvalue weighted by Gasteiger charge is 1.95. The second-order valence-electron chi connectivity index (χ2n) is 3.23. The Labute approximate surface area is 73.9 Å². The van der Waals surface area contributed by atoms with Crippen molar-refractivity contribution in [2.75, 3.05) is 0 Å². The van der Waals surface area contributed by atoms with Crippen LogP contribution in [-0.4, -0.2) is 0 Å². The van der Waals surface area contributed by atoms with Crippen LogP contribution in [0.4, 0.5) is 0 Å². The van der Waals surface area contributed by atoms with E-state index in [9.17, 15) is 0 Å². The minimum Gasteiger partial charge on any atom is -0.398 e. The van der Waals surface area contributed by atoms with Gasteiger partial charge in [0.2, 0.25) is 0 Å². The van der Waals surface area contributed by atoms with Gasteiger partial charge >= 0.3 is 0 Å². The second kappa shape index (κ2) is 3.96. The molecule has 1 rings (SSSR count). The van der Waals surface area contributed by atoms with E-state index in [1.54, 1.807) is 0 Å². The Morgan fingerprint density at radius 1 is 1.25 bits per heavy atom. The van der Waals surface area contributed by atoms with Crippen LogP contribution in [0.3, 0.4) is 0 Å². The van der Waals surface area contributed by atoms with Crippen molar-refractivity contribution in [2.24, 2.45) is 11.7 Å². The zero-order valence-electron chi connectivity index (χ0n) is 7.62. The SMILES string of the molecule is CC(C)/C=C(\N)c1ccccc1. The van der Waals surface area contributed by atoms with Gasteiger partial charge in [0.25, 0.3) is 0 Å². The third kappa shape index (κ3) is 2.42. The van der Waals surface area contributed by atoms with Crippen molar-refractivity contribution in [2.45, 2.75) is 13.8 Å². The maximum absolute atomic E-state index is 5.86. The number of benzene rings is 1. The molecule has 0 aliphatic carbocycles. The monoisotopic (exact) mass is 161 g/mol. The third-order valence-corrected chi connectivity index (χ3v) is 1.62. The molecule has 0 aromatic heterocycles. The Morgan fingerprint density at radius 3 is 2.33 bits per heavy atom. The number of hydrogen-bond donors (Lipinski definition) is 1. The molecule has 1 aromatic rings. The molecule has 0 bridgehead atoms. The van der Waals surface area contributed by atoms with Gasteiger partial charge in [-0.05, 0) is 11.5 Å². The van der Waals surface area contributed by atoms with Crippen LogP contribution < -0.4 is 5.73 Å². The third-order valence-electron chi connectivity index (χ3n) is 1.62.